The van der Waals surface area contributed by atoms with Crippen molar-refractivity contribution in [3.63, 3.8) is 0 Å². The molecule has 0 heterocycles. The van der Waals surface area contributed by atoms with Crippen molar-refractivity contribution < 1.29 is 0 Å². The number of rotatable bonds is 3. The summed E-state index contributed by atoms with van der Waals surface area (Å²) >= 11 is 0. The van der Waals surface area contributed by atoms with E-state index in [0.29, 0.717) is 0 Å². The van der Waals surface area contributed by atoms with E-state index in [1.54, 1.807) is 0 Å². The van der Waals surface area contributed by atoms with Gasteiger partial charge >= 0.3 is 0 Å². The molecule has 0 unspecified atom stereocenters. The number of aryl methyl sites for hydroxylation is 1. The second-order valence-corrected chi connectivity index (χ2v) is 14.1. The summed E-state index contributed by atoms with van der Waals surface area (Å²) in [4.78, 5) is 2.44. The molecule has 0 radical (unpaired) electrons. The number of anilines is 3. The van der Waals surface area contributed by atoms with E-state index in [9.17, 15) is 0 Å². The van der Waals surface area contributed by atoms with Crippen LogP contribution in [0.5, 0.6) is 0 Å². The average Bonchev–Trinajstić information content (AvgIpc) is 3.66. The Morgan fingerprint density at radius 3 is 1.27 bits per heavy atom. The maximum Gasteiger partial charge on any atom is 0.0725 e. The van der Waals surface area contributed by atoms with Crippen LogP contribution >= 0.6 is 0 Å². The molecule has 1 heteroatoms. The zero-order valence-corrected chi connectivity index (χ0v) is 28.3. The molecule has 0 bridgehead atoms. The van der Waals surface area contributed by atoms with E-state index in [0.717, 1.165) is 17.1 Å². The third kappa shape index (κ3) is 3.81. The molecule has 2 aliphatic rings. The van der Waals surface area contributed by atoms with Gasteiger partial charge in [0.2, 0.25) is 0 Å². The number of fused-ring (bicyclic) bond motifs is 16. The SMILES string of the molecule is Cc1ccc(N(c2ccc3c(c2)-c2ccccc2C32c3ccccc3-c3ccccc32)c2ccc3c4ccccc4c4ccccc4c3c2)cc1. The molecule has 0 amide bonds. The zero-order valence-electron chi connectivity index (χ0n) is 28.3. The van der Waals surface area contributed by atoms with Gasteiger partial charge in [-0.25, -0.2) is 0 Å². The van der Waals surface area contributed by atoms with Crippen LogP contribution in [-0.2, 0) is 5.41 Å². The normalized spacial score (nSPS) is 13.4. The Balaban J connectivity index is 1.18. The van der Waals surface area contributed by atoms with Crippen molar-refractivity contribution in [1.29, 1.82) is 0 Å². The minimum atomic E-state index is -0.352. The van der Waals surface area contributed by atoms with E-state index >= 15 is 0 Å². The molecule has 0 saturated heterocycles. The average molecular weight is 648 g/mol. The summed E-state index contributed by atoms with van der Waals surface area (Å²) in [6.45, 7) is 2.16. The molecule has 2 aliphatic carbocycles. The number of benzene rings is 9. The first kappa shape index (κ1) is 28.4. The van der Waals surface area contributed by atoms with E-state index in [1.165, 1.54) is 82.4 Å². The summed E-state index contributed by atoms with van der Waals surface area (Å²) in [6.07, 6.45) is 0. The maximum atomic E-state index is 2.44. The van der Waals surface area contributed by atoms with Crippen molar-refractivity contribution in [3.8, 4) is 22.3 Å². The van der Waals surface area contributed by atoms with Gasteiger partial charge in [-0.1, -0.05) is 151 Å². The van der Waals surface area contributed by atoms with Gasteiger partial charge in [0.15, 0.2) is 0 Å². The second kappa shape index (κ2) is 10.5. The fourth-order valence-corrected chi connectivity index (χ4v) is 9.40. The largest absolute Gasteiger partial charge is 0.310 e. The molecule has 238 valence electrons. The molecule has 0 fully saturated rings. The molecule has 0 atom stereocenters. The molecule has 9 aromatic carbocycles. The standard InChI is InChI=1S/C50H33N/c1-32-22-24-33(25-23-32)51(34-26-28-40-38-14-3-2-12-36(38)37-13-4-5-15-39(37)44(40)30-34)35-27-29-49-45(31-35)43-18-8-11-21-48(43)50(49)46-19-9-6-16-41(46)42-17-7-10-20-47(42)50/h2-31H,1H3. The molecular weight excluding hydrogens is 615 g/mol. The zero-order chi connectivity index (χ0) is 33.7. The van der Waals surface area contributed by atoms with Crippen LogP contribution in [0.15, 0.2) is 182 Å². The molecular formula is C50H33N. The van der Waals surface area contributed by atoms with Crippen molar-refractivity contribution in [1.82, 2.24) is 0 Å². The third-order valence-electron chi connectivity index (χ3n) is 11.5. The molecule has 0 aromatic heterocycles. The van der Waals surface area contributed by atoms with Gasteiger partial charge in [0.25, 0.3) is 0 Å². The van der Waals surface area contributed by atoms with Gasteiger partial charge < -0.3 is 4.90 Å². The molecule has 51 heavy (non-hydrogen) atoms. The van der Waals surface area contributed by atoms with E-state index < -0.39 is 0 Å². The van der Waals surface area contributed by atoms with Gasteiger partial charge in [0.1, 0.15) is 0 Å². The first-order chi connectivity index (χ1) is 25.2. The smallest absolute Gasteiger partial charge is 0.0725 e. The predicted molar refractivity (Wildman–Crippen MR) is 215 cm³/mol. The topological polar surface area (TPSA) is 3.24 Å². The van der Waals surface area contributed by atoms with E-state index in [2.05, 4.69) is 194 Å². The summed E-state index contributed by atoms with van der Waals surface area (Å²) in [6, 6.07) is 67.9. The Morgan fingerprint density at radius 1 is 0.314 bits per heavy atom. The Kier molecular flexibility index (Phi) is 5.86. The van der Waals surface area contributed by atoms with Crippen LogP contribution in [-0.4, -0.2) is 0 Å². The summed E-state index contributed by atoms with van der Waals surface area (Å²) in [5.41, 5.74) is 15.0. The van der Waals surface area contributed by atoms with Crippen molar-refractivity contribution >= 4 is 49.4 Å². The lowest BCUT2D eigenvalue weighted by molar-refractivity contribution is 0.794. The van der Waals surface area contributed by atoms with Gasteiger partial charge in [0, 0.05) is 17.1 Å². The summed E-state index contributed by atoms with van der Waals surface area (Å²) in [5, 5.41) is 7.70. The summed E-state index contributed by atoms with van der Waals surface area (Å²) in [7, 11) is 0. The molecule has 1 spiro atoms. The van der Waals surface area contributed by atoms with Crippen LogP contribution in [0, 0.1) is 6.92 Å². The highest BCUT2D eigenvalue weighted by atomic mass is 15.1. The Morgan fingerprint density at radius 2 is 0.706 bits per heavy atom. The van der Waals surface area contributed by atoms with Gasteiger partial charge in [-0.3, -0.25) is 0 Å². The minimum absolute atomic E-state index is 0.352. The van der Waals surface area contributed by atoms with Crippen molar-refractivity contribution in [2.24, 2.45) is 0 Å². The highest BCUT2D eigenvalue weighted by molar-refractivity contribution is 6.25. The number of nitrogens with zero attached hydrogens (tertiary/aromatic N) is 1. The molecule has 0 saturated carbocycles. The highest BCUT2D eigenvalue weighted by Crippen LogP contribution is 2.63. The Hall–Kier alpha value is -6.44. The maximum absolute atomic E-state index is 2.44. The molecule has 9 aromatic rings. The lowest BCUT2D eigenvalue weighted by Gasteiger charge is -2.31. The number of hydrogen-bond donors (Lipinski definition) is 0. The highest BCUT2D eigenvalue weighted by Gasteiger charge is 2.51. The lowest BCUT2D eigenvalue weighted by atomic mass is 9.70. The Labute approximate surface area is 297 Å². The van der Waals surface area contributed by atoms with E-state index in [1.807, 2.05) is 0 Å². The quantitative estimate of drug-likeness (QED) is 0.173. The third-order valence-corrected chi connectivity index (χ3v) is 11.5. The van der Waals surface area contributed by atoms with E-state index in [-0.39, 0.29) is 5.41 Å². The summed E-state index contributed by atoms with van der Waals surface area (Å²) in [5.74, 6) is 0. The van der Waals surface area contributed by atoms with Crippen molar-refractivity contribution in [2.75, 3.05) is 4.90 Å². The van der Waals surface area contributed by atoms with Crippen LogP contribution in [0.2, 0.25) is 0 Å². The van der Waals surface area contributed by atoms with Gasteiger partial charge in [-0.2, -0.15) is 0 Å². The van der Waals surface area contributed by atoms with Crippen molar-refractivity contribution in [2.45, 2.75) is 12.3 Å². The molecule has 11 rings (SSSR count). The lowest BCUT2D eigenvalue weighted by Crippen LogP contribution is -2.25. The first-order valence-corrected chi connectivity index (χ1v) is 17.9. The van der Waals surface area contributed by atoms with Crippen LogP contribution in [0.4, 0.5) is 17.1 Å². The first-order valence-electron chi connectivity index (χ1n) is 17.9. The monoisotopic (exact) mass is 647 g/mol. The Bertz CT molecular complexity index is 2800. The van der Waals surface area contributed by atoms with Gasteiger partial charge in [0.05, 0.1) is 5.41 Å². The molecule has 0 aliphatic heterocycles. The fraction of sp³-hybridized carbons (Fsp3) is 0.0400. The predicted octanol–water partition coefficient (Wildman–Crippen LogP) is 13.3. The van der Waals surface area contributed by atoms with Gasteiger partial charge in [-0.05, 0) is 120 Å². The minimum Gasteiger partial charge on any atom is -0.310 e. The van der Waals surface area contributed by atoms with Crippen LogP contribution in [0.3, 0.4) is 0 Å². The number of hydrogen-bond acceptors (Lipinski definition) is 1. The van der Waals surface area contributed by atoms with Crippen LogP contribution in [0.1, 0.15) is 27.8 Å². The van der Waals surface area contributed by atoms with Gasteiger partial charge in [-0.15, -0.1) is 0 Å². The van der Waals surface area contributed by atoms with E-state index in [4.69, 9.17) is 0 Å². The molecule has 0 N–H and O–H groups in total. The van der Waals surface area contributed by atoms with Crippen LogP contribution < -0.4 is 4.90 Å². The van der Waals surface area contributed by atoms with Crippen LogP contribution in [0.25, 0.3) is 54.6 Å². The van der Waals surface area contributed by atoms with Crippen molar-refractivity contribution in [3.05, 3.63) is 210 Å². The second-order valence-electron chi connectivity index (χ2n) is 14.1. The summed E-state index contributed by atoms with van der Waals surface area (Å²) < 4.78 is 0. The molecule has 1 nitrogen and oxygen atoms in total. The fourth-order valence-electron chi connectivity index (χ4n) is 9.40.